The minimum atomic E-state index is -0.639. The molecule has 116 valence electrons. The van der Waals surface area contributed by atoms with Crippen molar-refractivity contribution in [1.29, 1.82) is 0 Å². The zero-order valence-electron chi connectivity index (χ0n) is 12.7. The third kappa shape index (κ3) is 4.24. The van der Waals surface area contributed by atoms with Crippen LogP contribution in [0.1, 0.15) is 12.5 Å². The number of methoxy groups -OCH3 is 1. The molecular weight excluding hydrogens is 346 g/mol. The first-order valence-corrected chi connectivity index (χ1v) is 7.66. The lowest BCUT2D eigenvalue weighted by Gasteiger charge is -2.17. The molecule has 2 aromatic rings. The molecule has 0 heterocycles. The van der Waals surface area contributed by atoms with Gasteiger partial charge in [-0.2, -0.15) is 0 Å². The van der Waals surface area contributed by atoms with Crippen LogP contribution in [0.4, 0.5) is 5.69 Å². The summed E-state index contributed by atoms with van der Waals surface area (Å²) < 4.78 is 11.9. The van der Waals surface area contributed by atoms with Crippen LogP contribution in [-0.2, 0) is 4.79 Å². The molecule has 2 rings (SSSR count). The molecule has 2 aromatic carbocycles. The Morgan fingerprint density at radius 2 is 1.82 bits per heavy atom. The monoisotopic (exact) mass is 363 g/mol. The van der Waals surface area contributed by atoms with Crippen LogP contribution in [0.25, 0.3) is 0 Å². The van der Waals surface area contributed by atoms with Crippen LogP contribution in [0.5, 0.6) is 11.5 Å². The number of benzene rings is 2. The summed E-state index contributed by atoms with van der Waals surface area (Å²) in [6, 6.07) is 13.0. The Balaban J connectivity index is 2.03. The molecule has 1 amide bonds. The molecule has 0 radical (unpaired) electrons. The summed E-state index contributed by atoms with van der Waals surface area (Å²) >= 11 is 3.36. The molecule has 4 nitrogen and oxygen atoms in total. The van der Waals surface area contributed by atoms with E-state index in [2.05, 4.69) is 21.2 Å². The van der Waals surface area contributed by atoms with E-state index in [1.54, 1.807) is 20.1 Å². The Hall–Kier alpha value is -2.01. The van der Waals surface area contributed by atoms with Crippen molar-refractivity contribution in [3.8, 4) is 11.5 Å². The first-order valence-electron chi connectivity index (χ1n) is 6.87. The summed E-state index contributed by atoms with van der Waals surface area (Å²) in [4.78, 5) is 12.2. The van der Waals surface area contributed by atoms with Gasteiger partial charge >= 0.3 is 0 Å². The average Bonchev–Trinajstić information content (AvgIpc) is 2.51. The van der Waals surface area contributed by atoms with Crippen LogP contribution in [0, 0.1) is 6.92 Å². The standard InChI is InChI=1S/C17H18BrNO3/c1-11-4-9-15(16(10-11)21-3)22-12(2)17(20)19-14-7-5-13(18)6-8-14/h4-10,12H,1-3H3,(H,19,20)/t12-/m1/s1. The van der Waals surface area contributed by atoms with E-state index in [1.807, 2.05) is 43.3 Å². The number of carbonyl (C=O) groups is 1. The molecule has 0 aliphatic heterocycles. The van der Waals surface area contributed by atoms with Crippen LogP contribution in [0.15, 0.2) is 46.9 Å². The Bertz CT molecular complexity index is 655. The van der Waals surface area contributed by atoms with Crippen molar-refractivity contribution in [1.82, 2.24) is 0 Å². The summed E-state index contributed by atoms with van der Waals surface area (Å²) in [7, 11) is 1.58. The summed E-state index contributed by atoms with van der Waals surface area (Å²) in [5, 5.41) is 2.81. The van der Waals surface area contributed by atoms with Gasteiger partial charge in [-0.3, -0.25) is 4.79 Å². The van der Waals surface area contributed by atoms with Crippen molar-refractivity contribution in [2.24, 2.45) is 0 Å². The van der Waals surface area contributed by atoms with Gasteiger partial charge in [0.25, 0.3) is 5.91 Å². The maximum Gasteiger partial charge on any atom is 0.265 e. The van der Waals surface area contributed by atoms with Crippen molar-refractivity contribution < 1.29 is 14.3 Å². The van der Waals surface area contributed by atoms with Gasteiger partial charge in [-0.05, 0) is 55.8 Å². The van der Waals surface area contributed by atoms with E-state index in [1.165, 1.54) is 0 Å². The highest BCUT2D eigenvalue weighted by Crippen LogP contribution is 2.28. The molecule has 22 heavy (non-hydrogen) atoms. The number of aryl methyl sites for hydroxylation is 1. The van der Waals surface area contributed by atoms with Crippen LogP contribution in [0.2, 0.25) is 0 Å². The summed E-state index contributed by atoms with van der Waals surface area (Å²) in [5.74, 6) is 0.944. The molecule has 0 aliphatic rings. The lowest BCUT2D eigenvalue weighted by atomic mass is 10.2. The predicted molar refractivity (Wildman–Crippen MR) is 90.6 cm³/mol. The summed E-state index contributed by atoms with van der Waals surface area (Å²) in [5.41, 5.74) is 1.79. The normalized spacial score (nSPS) is 11.6. The molecule has 0 saturated carbocycles. The lowest BCUT2D eigenvalue weighted by molar-refractivity contribution is -0.122. The first kappa shape index (κ1) is 16.4. The highest BCUT2D eigenvalue weighted by molar-refractivity contribution is 9.10. The smallest absolute Gasteiger partial charge is 0.265 e. The number of hydrogen-bond acceptors (Lipinski definition) is 3. The molecule has 0 bridgehead atoms. The zero-order chi connectivity index (χ0) is 16.1. The number of carbonyl (C=O) groups excluding carboxylic acids is 1. The van der Waals surface area contributed by atoms with Crippen molar-refractivity contribution in [2.45, 2.75) is 20.0 Å². The van der Waals surface area contributed by atoms with Crippen molar-refractivity contribution in [3.63, 3.8) is 0 Å². The second-order valence-corrected chi connectivity index (χ2v) is 5.83. The van der Waals surface area contributed by atoms with Crippen molar-refractivity contribution in [2.75, 3.05) is 12.4 Å². The van der Waals surface area contributed by atoms with Crippen molar-refractivity contribution in [3.05, 3.63) is 52.5 Å². The van der Waals surface area contributed by atoms with E-state index in [-0.39, 0.29) is 5.91 Å². The fourth-order valence-corrected chi connectivity index (χ4v) is 2.16. The fourth-order valence-electron chi connectivity index (χ4n) is 1.89. The number of nitrogens with one attached hydrogen (secondary N) is 1. The minimum absolute atomic E-state index is 0.218. The van der Waals surface area contributed by atoms with Gasteiger partial charge in [0.2, 0.25) is 0 Å². The van der Waals surface area contributed by atoms with Gasteiger partial charge in [-0.15, -0.1) is 0 Å². The fraction of sp³-hybridized carbons (Fsp3) is 0.235. The maximum absolute atomic E-state index is 12.2. The second kappa shape index (κ2) is 7.31. The molecule has 1 N–H and O–H groups in total. The van der Waals surface area contributed by atoms with Gasteiger partial charge in [0, 0.05) is 10.2 Å². The van der Waals surface area contributed by atoms with E-state index in [4.69, 9.17) is 9.47 Å². The summed E-state index contributed by atoms with van der Waals surface area (Å²) in [6.07, 6.45) is -0.639. The van der Waals surface area contributed by atoms with Gasteiger partial charge in [0.1, 0.15) is 0 Å². The Morgan fingerprint density at radius 1 is 1.14 bits per heavy atom. The van der Waals surface area contributed by atoms with Gasteiger partial charge in [0.15, 0.2) is 17.6 Å². The van der Waals surface area contributed by atoms with E-state index >= 15 is 0 Å². The molecule has 0 unspecified atom stereocenters. The third-order valence-electron chi connectivity index (χ3n) is 3.10. The minimum Gasteiger partial charge on any atom is -0.493 e. The maximum atomic E-state index is 12.2. The molecule has 5 heteroatoms. The van der Waals surface area contributed by atoms with Crippen LogP contribution in [0.3, 0.4) is 0 Å². The number of hydrogen-bond donors (Lipinski definition) is 1. The largest absolute Gasteiger partial charge is 0.493 e. The number of halogens is 1. The van der Waals surface area contributed by atoms with Gasteiger partial charge in [-0.25, -0.2) is 0 Å². The Labute approximate surface area is 138 Å². The second-order valence-electron chi connectivity index (χ2n) is 4.91. The highest BCUT2D eigenvalue weighted by Gasteiger charge is 2.17. The van der Waals surface area contributed by atoms with Crippen LogP contribution in [-0.4, -0.2) is 19.1 Å². The van der Waals surface area contributed by atoms with E-state index in [9.17, 15) is 4.79 Å². The molecule has 0 saturated heterocycles. The number of amides is 1. The Kier molecular flexibility index (Phi) is 5.44. The van der Waals surface area contributed by atoms with Gasteiger partial charge in [-0.1, -0.05) is 22.0 Å². The number of ether oxygens (including phenoxy) is 2. The lowest BCUT2D eigenvalue weighted by Crippen LogP contribution is -2.30. The van der Waals surface area contributed by atoms with Crippen molar-refractivity contribution >= 4 is 27.5 Å². The SMILES string of the molecule is COc1cc(C)ccc1O[C@H](C)C(=O)Nc1ccc(Br)cc1. The van der Waals surface area contributed by atoms with E-state index < -0.39 is 6.10 Å². The molecule has 0 aliphatic carbocycles. The quantitative estimate of drug-likeness (QED) is 0.866. The molecular formula is C17H18BrNO3. The predicted octanol–water partition coefficient (Wildman–Crippen LogP) is 4.17. The van der Waals surface area contributed by atoms with Crippen LogP contribution < -0.4 is 14.8 Å². The number of rotatable bonds is 5. The molecule has 0 spiro atoms. The topological polar surface area (TPSA) is 47.6 Å². The molecule has 0 fully saturated rings. The zero-order valence-corrected chi connectivity index (χ0v) is 14.3. The average molecular weight is 364 g/mol. The van der Waals surface area contributed by atoms with E-state index in [0.29, 0.717) is 11.5 Å². The first-order chi connectivity index (χ1) is 10.5. The third-order valence-corrected chi connectivity index (χ3v) is 3.63. The molecule has 1 atom stereocenters. The van der Waals surface area contributed by atoms with Gasteiger partial charge in [0.05, 0.1) is 7.11 Å². The van der Waals surface area contributed by atoms with E-state index in [0.717, 1.165) is 15.7 Å². The van der Waals surface area contributed by atoms with Crippen LogP contribution >= 0.6 is 15.9 Å². The highest BCUT2D eigenvalue weighted by atomic mass is 79.9. The van der Waals surface area contributed by atoms with Gasteiger partial charge < -0.3 is 14.8 Å². The molecule has 0 aromatic heterocycles. The Morgan fingerprint density at radius 3 is 2.45 bits per heavy atom. The summed E-state index contributed by atoms with van der Waals surface area (Å²) in [6.45, 7) is 3.67. The number of anilines is 1.